The maximum Gasteiger partial charge on any atom is 0.337 e. The number of rotatable bonds is 8. The Morgan fingerprint density at radius 1 is 0.667 bits per heavy atom. The van der Waals surface area contributed by atoms with Gasteiger partial charge in [0.1, 0.15) is 12.6 Å². The van der Waals surface area contributed by atoms with Gasteiger partial charge in [0.05, 0.1) is 12.7 Å². The van der Waals surface area contributed by atoms with E-state index in [1.165, 1.54) is 7.11 Å². The average molecular weight is 518 g/mol. The Balaban J connectivity index is 1.37. The van der Waals surface area contributed by atoms with Crippen molar-refractivity contribution in [1.82, 2.24) is 5.32 Å². The smallest absolute Gasteiger partial charge is 0.337 e. The molecule has 0 radical (unpaired) electrons. The summed E-state index contributed by atoms with van der Waals surface area (Å²) in [6.07, 6.45) is 0.278. The first-order chi connectivity index (χ1) is 19.0. The molecule has 0 bridgehead atoms. The monoisotopic (exact) mass is 517 g/mol. The predicted molar refractivity (Wildman–Crippen MR) is 150 cm³/mol. The highest BCUT2D eigenvalue weighted by molar-refractivity contribution is 6.02. The molecule has 0 aromatic heterocycles. The van der Waals surface area contributed by atoms with Crippen LogP contribution in [0, 0.1) is 0 Å². The minimum Gasteiger partial charge on any atom is -0.465 e. The van der Waals surface area contributed by atoms with Gasteiger partial charge in [0.2, 0.25) is 0 Å². The van der Waals surface area contributed by atoms with E-state index < -0.39 is 23.9 Å². The Hall–Kier alpha value is -4.97. The Bertz CT molecular complexity index is 1660. The van der Waals surface area contributed by atoms with Crippen molar-refractivity contribution in [2.45, 2.75) is 19.1 Å². The van der Waals surface area contributed by atoms with Gasteiger partial charge in [-0.3, -0.25) is 4.79 Å². The number of methoxy groups -OCH3 is 1. The third-order valence-electron chi connectivity index (χ3n) is 6.59. The highest BCUT2D eigenvalue weighted by atomic mass is 16.5. The van der Waals surface area contributed by atoms with E-state index in [0.29, 0.717) is 11.1 Å². The molecule has 194 valence electrons. The first kappa shape index (κ1) is 25.7. The zero-order valence-corrected chi connectivity index (χ0v) is 21.4. The number of carbonyl (C=O) groups excluding carboxylic acids is 3. The summed E-state index contributed by atoms with van der Waals surface area (Å²) in [5, 5.41) is 6.61. The van der Waals surface area contributed by atoms with Crippen molar-refractivity contribution in [2.24, 2.45) is 0 Å². The Morgan fingerprint density at radius 3 is 2.03 bits per heavy atom. The van der Waals surface area contributed by atoms with Crippen LogP contribution in [-0.4, -0.2) is 31.0 Å². The van der Waals surface area contributed by atoms with Gasteiger partial charge >= 0.3 is 11.9 Å². The summed E-state index contributed by atoms with van der Waals surface area (Å²) < 4.78 is 10.4. The minimum absolute atomic E-state index is 0.113. The van der Waals surface area contributed by atoms with Gasteiger partial charge in [0.25, 0.3) is 5.91 Å². The molecule has 1 amide bonds. The number of benzene rings is 5. The summed E-state index contributed by atoms with van der Waals surface area (Å²) in [6, 6.07) is 32.8. The molecule has 0 saturated carbocycles. The molecule has 39 heavy (non-hydrogen) atoms. The van der Waals surface area contributed by atoms with Crippen molar-refractivity contribution in [1.29, 1.82) is 0 Å². The van der Waals surface area contributed by atoms with Crippen LogP contribution >= 0.6 is 0 Å². The fourth-order valence-corrected chi connectivity index (χ4v) is 4.50. The summed E-state index contributed by atoms with van der Waals surface area (Å²) in [4.78, 5) is 38.4. The van der Waals surface area contributed by atoms with Crippen LogP contribution in [0.1, 0.15) is 31.8 Å². The minimum atomic E-state index is -0.889. The molecule has 6 heteroatoms. The van der Waals surface area contributed by atoms with Crippen LogP contribution in [0.2, 0.25) is 0 Å². The Labute approximate surface area is 226 Å². The van der Waals surface area contributed by atoms with Crippen LogP contribution in [0.4, 0.5) is 0 Å². The predicted octanol–water partition coefficient (Wildman–Crippen LogP) is 5.86. The lowest BCUT2D eigenvalue weighted by Gasteiger charge is -2.19. The molecule has 1 N–H and O–H groups in total. The maximum atomic E-state index is 13.3. The Morgan fingerprint density at radius 2 is 1.28 bits per heavy atom. The number of hydrogen-bond acceptors (Lipinski definition) is 5. The molecule has 0 saturated heterocycles. The van der Waals surface area contributed by atoms with E-state index in [4.69, 9.17) is 9.47 Å². The maximum absolute atomic E-state index is 13.3. The lowest BCUT2D eigenvalue weighted by molar-refractivity contribution is -0.147. The molecule has 0 unspecified atom stereocenters. The highest BCUT2D eigenvalue weighted by Gasteiger charge is 2.24. The Kier molecular flexibility index (Phi) is 7.64. The molecule has 0 aliphatic heterocycles. The van der Waals surface area contributed by atoms with Crippen molar-refractivity contribution >= 4 is 39.4 Å². The van der Waals surface area contributed by atoms with Gasteiger partial charge in [-0.05, 0) is 56.9 Å². The molecule has 5 aromatic carbocycles. The second-order valence-electron chi connectivity index (χ2n) is 9.27. The van der Waals surface area contributed by atoms with E-state index in [1.807, 2.05) is 72.8 Å². The fourth-order valence-electron chi connectivity index (χ4n) is 4.50. The van der Waals surface area contributed by atoms with Gasteiger partial charge in [-0.2, -0.15) is 0 Å². The lowest BCUT2D eigenvalue weighted by Crippen LogP contribution is -2.43. The second kappa shape index (κ2) is 11.6. The number of carbonyl (C=O) groups is 3. The van der Waals surface area contributed by atoms with Gasteiger partial charge in [-0.15, -0.1) is 0 Å². The first-order valence-electron chi connectivity index (χ1n) is 12.6. The third-order valence-corrected chi connectivity index (χ3v) is 6.59. The van der Waals surface area contributed by atoms with Crippen molar-refractivity contribution in [3.05, 3.63) is 131 Å². The van der Waals surface area contributed by atoms with Crippen LogP contribution in [0.25, 0.3) is 21.5 Å². The van der Waals surface area contributed by atoms with Gasteiger partial charge < -0.3 is 14.8 Å². The van der Waals surface area contributed by atoms with Gasteiger partial charge in [-0.1, -0.05) is 84.9 Å². The molecular weight excluding hydrogens is 490 g/mol. The molecule has 0 spiro atoms. The molecule has 5 rings (SSSR count). The molecule has 0 heterocycles. The van der Waals surface area contributed by atoms with E-state index in [0.717, 1.165) is 32.7 Å². The quantitative estimate of drug-likeness (QED) is 0.261. The van der Waals surface area contributed by atoms with Gasteiger partial charge in [0, 0.05) is 12.0 Å². The second-order valence-corrected chi connectivity index (χ2v) is 9.27. The topological polar surface area (TPSA) is 81.7 Å². The number of nitrogens with one attached hydrogen (secondary N) is 1. The molecule has 0 fully saturated rings. The van der Waals surface area contributed by atoms with Crippen LogP contribution in [0.3, 0.4) is 0 Å². The number of ether oxygens (including phenoxy) is 2. The molecule has 1 atom stereocenters. The molecule has 5 aromatic rings. The molecule has 0 aliphatic carbocycles. The summed E-state index contributed by atoms with van der Waals surface area (Å²) >= 11 is 0. The van der Waals surface area contributed by atoms with Crippen molar-refractivity contribution in [3.8, 4) is 0 Å². The largest absolute Gasteiger partial charge is 0.465 e. The van der Waals surface area contributed by atoms with Crippen molar-refractivity contribution in [3.63, 3.8) is 0 Å². The number of esters is 2. The molecular formula is C33H27NO5. The van der Waals surface area contributed by atoms with Gasteiger partial charge in [-0.25, -0.2) is 9.59 Å². The van der Waals surface area contributed by atoms with Crippen LogP contribution < -0.4 is 5.32 Å². The van der Waals surface area contributed by atoms with E-state index in [-0.39, 0.29) is 13.0 Å². The van der Waals surface area contributed by atoms with Crippen molar-refractivity contribution < 1.29 is 23.9 Å². The number of hydrogen-bond donors (Lipinski definition) is 1. The van der Waals surface area contributed by atoms with Gasteiger partial charge in [0.15, 0.2) is 0 Å². The summed E-state index contributed by atoms with van der Waals surface area (Å²) in [5.41, 5.74) is 2.60. The van der Waals surface area contributed by atoms with Crippen molar-refractivity contribution in [2.75, 3.05) is 7.11 Å². The number of amides is 1. The zero-order chi connectivity index (χ0) is 27.2. The lowest BCUT2D eigenvalue weighted by atomic mass is 10.0. The van der Waals surface area contributed by atoms with E-state index >= 15 is 0 Å². The normalized spacial score (nSPS) is 11.6. The molecule has 6 nitrogen and oxygen atoms in total. The van der Waals surface area contributed by atoms with E-state index in [2.05, 4.69) is 5.32 Å². The SMILES string of the molecule is COC(=O)c1ccc2cc(C(=O)N[C@H](Cc3ccc4ccccc4c3)C(=O)OCc3ccccc3)ccc2c1. The average Bonchev–Trinajstić information content (AvgIpc) is 2.99. The summed E-state index contributed by atoms with van der Waals surface area (Å²) in [7, 11) is 1.33. The highest BCUT2D eigenvalue weighted by Crippen LogP contribution is 2.20. The third kappa shape index (κ3) is 6.13. The van der Waals surface area contributed by atoms with E-state index in [1.54, 1.807) is 36.4 Å². The molecule has 0 aliphatic rings. The van der Waals surface area contributed by atoms with Crippen LogP contribution in [0.15, 0.2) is 109 Å². The fraction of sp³-hybridized carbons (Fsp3) is 0.121. The summed E-state index contributed by atoms with van der Waals surface area (Å²) in [6.45, 7) is 0.113. The first-order valence-corrected chi connectivity index (χ1v) is 12.6. The zero-order valence-electron chi connectivity index (χ0n) is 21.4. The van der Waals surface area contributed by atoms with Crippen LogP contribution in [-0.2, 0) is 27.3 Å². The van der Waals surface area contributed by atoms with E-state index in [9.17, 15) is 14.4 Å². The van der Waals surface area contributed by atoms with Crippen LogP contribution in [0.5, 0.6) is 0 Å². The number of fused-ring (bicyclic) bond motifs is 2. The summed E-state index contributed by atoms with van der Waals surface area (Å²) in [5.74, 6) is -1.33. The standard InChI is InChI=1S/C33H27NO5/c1-38-32(36)29-16-14-26-19-28(15-13-27(26)20-29)31(35)34-30(33(37)39-21-22-7-3-2-4-8-22)18-23-11-12-24-9-5-6-10-25(24)17-23/h2-17,19-20,30H,18,21H2,1H3,(H,34,35)/t30-/m1/s1.